The third-order valence-electron chi connectivity index (χ3n) is 3.68. The average molecular weight is 334 g/mol. The third kappa shape index (κ3) is 7.77. The van der Waals surface area contributed by atoms with E-state index in [1.807, 2.05) is 30.4 Å². The fourth-order valence-electron chi connectivity index (χ4n) is 2.25. The van der Waals surface area contributed by atoms with Crippen LogP contribution in [-0.4, -0.2) is 71.2 Å². The molecule has 0 aromatic heterocycles. The minimum absolute atomic E-state index is 0.0452. The zero-order valence-corrected chi connectivity index (χ0v) is 15.8. The zero-order valence-electron chi connectivity index (χ0n) is 14.1. The number of nitrogens with one attached hydrogen (secondary N) is 1. The lowest BCUT2D eigenvalue weighted by Gasteiger charge is -2.32. The van der Waals surface area contributed by atoms with Crippen LogP contribution >= 0.6 is 23.5 Å². The summed E-state index contributed by atoms with van der Waals surface area (Å²) >= 11 is 3.85. The summed E-state index contributed by atoms with van der Waals surface area (Å²) in [5.74, 6) is 4.45. The molecule has 1 aliphatic heterocycles. The molecule has 1 aliphatic rings. The van der Waals surface area contributed by atoms with Crippen molar-refractivity contribution in [3.8, 4) is 0 Å². The molecule has 6 heteroatoms. The topological polar surface area (TPSA) is 35.6 Å². The van der Waals surface area contributed by atoms with E-state index in [1.54, 1.807) is 0 Å². The molecule has 0 radical (unpaired) electrons. The SMILES string of the molecule is CC(C(=O)NC(C)(C)CCCN(C)C)N1CSCCSC1. The van der Waals surface area contributed by atoms with E-state index >= 15 is 0 Å². The molecule has 1 N–H and O–H groups in total. The number of nitrogens with zero attached hydrogens (tertiary/aromatic N) is 2. The van der Waals surface area contributed by atoms with Gasteiger partial charge in [0.25, 0.3) is 0 Å². The van der Waals surface area contributed by atoms with E-state index in [9.17, 15) is 4.79 Å². The summed E-state index contributed by atoms with van der Waals surface area (Å²) in [6, 6.07) is -0.0452. The van der Waals surface area contributed by atoms with Crippen molar-refractivity contribution in [3.63, 3.8) is 0 Å². The maximum Gasteiger partial charge on any atom is 0.237 e. The molecule has 0 aromatic carbocycles. The number of hydrogen-bond acceptors (Lipinski definition) is 5. The summed E-state index contributed by atoms with van der Waals surface area (Å²) < 4.78 is 0. The van der Waals surface area contributed by atoms with Gasteiger partial charge in [-0.15, -0.1) is 23.5 Å². The van der Waals surface area contributed by atoms with Gasteiger partial charge in [-0.25, -0.2) is 0 Å². The van der Waals surface area contributed by atoms with Crippen LogP contribution in [0.1, 0.15) is 33.6 Å². The van der Waals surface area contributed by atoms with Gasteiger partial charge in [0, 0.05) is 28.8 Å². The summed E-state index contributed by atoms with van der Waals surface area (Å²) in [6.45, 7) is 7.34. The molecule has 21 heavy (non-hydrogen) atoms. The number of rotatable bonds is 7. The van der Waals surface area contributed by atoms with E-state index in [-0.39, 0.29) is 17.5 Å². The van der Waals surface area contributed by atoms with E-state index in [1.165, 1.54) is 11.5 Å². The molecule has 1 atom stereocenters. The number of hydrogen-bond donors (Lipinski definition) is 1. The Morgan fingerprint density at radius 3 is 2.38 bits per heavy atom. The lowest BCUT2D eigenvalue weighted by atomic mass is 9.97. The number of carbonyl (C=O) groups excluding carboxylic acids is 1. The summed E-state index contributed by atoms with van der Waals surface area (Å²) in [5, 5.41) is 3.23. The maximum atomic E-state index is 12.5. The minimum atomic E-state index is -0.131. The van der Waals surface area contributed by atoms with Crippen molar-refractivity contribution in [2.75, 3.05) is 43.9 Å². The molecular formula is C15H31N3OS2. The Balaban J connectivity index is 2.42. The molecule has 1 amide bonds. The highest BCUT2D eigenvalue weighted by Gasteiger charge is 2.27. The van der Waals surface area contributed by atoms with Gasteiger partial charge in [-0.05, 0) is 54.3 Å². The highest BCUT2D eigenvalue weighted by atomic mass is 32.2. The monoisotopic (exact) mass is 333 g/mol. The largest absolute Gasteiger partial charge is 0.350 e. The number of carbonyl (C=O) groups is 1. The van der Waals surface area contributed by atoms with Gasteiger partial charge < -0.3 is 10.2 Å². The molecule has 0 aromatic rings. The summed E-state index contributed by atoms with van der Waals surface area (Å²) in [4.78, 5) is 16.9. The molecule has 0 saturated carbocycles. The van der Waals surface area contributed by atoms with E-state index in [0.29, 0.717) is 0 Å². The molecule has 0 aliphatic carbocycles. The second-order valence-electron chi connectivity index (χ2n) is 6.62. The van der Waals surface area contributed by atoms with Crippen LogP contribution in [0.3, 0.4) is 0 Å². The van der Waals surface area contributed by atoms with Gasteiger partial charge in [0.15, 0.2) is 0 Å². The Morgan fingerprint density at radius 1 is 1.29 bits per heavy atom. The first-order valence-corrected chi connectivity index (χ1v) is 9.99. The summed E-state index contributed by atoms with van der Waals surface area (Å²) in [6.07, 6.45) is 2.11. The molecule has 124 valence electrons. The van der Waals surface area contributed by atoms with Crippen LogP contribution in [0.15, 0.2) is 0 Å². The molecule has 0 spiro atoms. The first-order chi connectivity index (χ1) is 9.82. The molecule has 1 rings (SSSR count). The average Bonchev–Trinajstić information content (AvgIpc) is 2.65. The quantitative estimate of drug-likeness (QED) is 0.773. The Bertz CT molecular complexity index is 316. The second kappa shape index (κ2) is 9.28. The van der Waals surface area contributed by atoms with Crippen LogP contribution in [0, 0.1) is 0 Å². The molecule has 1 fully saturated rings. The third-order valence-corrected chi connectivity index (χ3v) is 5.95. The molecule has 0 bridgehead atoms. The van der Waals surface area contributed by atoms with Crippen molar-refractivity contribution in [1.29, 1.82) is 0 Å². The van der Waals surface area contributed by atoms with Crippen LogP contribution in [0.25, 0.3) is 0 Å². The summed E-state index contributed by atoms with van der Waals surface area (Å²) in [7, 11) is 4.17. The highest BCUT2D eigenvalue weighted by molar-refractivity contribution is 8.03. The van der Waals surface area contributed by atoms with Crippen molar-refractivity contribution >= 4 is 29.4 Å². The zero-order chi connectivity index (χ0) is 15.9. The van der Waals surface area contributed by atoms with E-state index in [2.05, 4.69) is 43.1 Å². The smallest absolute Gasteiger partial charge is 0.237 e. The Kier molecular flexibility index (Phi) is 8.46. The Labute approximate surface area is 138 Å². The van der Waals surface area contributed by atoms with E-state index in [0.717, 1.165) is 31.1 Å². The normalized spacial score (nSPS) is 19.3. The first kappa shape index (κ1) is 19.1. The molecule has 4 nitrogen and oxygen atoms in total. The number of amides is 1. The molecule has 1 heterocycles. The van der Waals surface area contributed by atoms with Crippen LogP contribution in [0.4, 0.5) is 0 Å². The predicted octanol–water partition coefficient (Wildman–Crippen LogP) is 2.31. The van der Waals surface area contributed by atoms with Crippen molar-refractivity contribution in [1.82, 2.24) is 15.1 Å². The molecule has 1 saturated heterocycles. The minimum Gasteiger partial charge on any atom is -0.350 e. The van der Waals surface area contributed by atoms with Crippen molar-refractivity contribution in [2.45, 2.75) is 45.2 Å². The van der Waals surface area contributed by atoms with E-state index < -0.39 is 0 Å². The molecular weight excluding hydrogens is 302 g/mol. The Morgan fingerprint density at radius 2 is 1.86 bits per heavy atom. The van der Waals surface area contributed by atoms with Gasteiger partial charge in [0.05, 0.1) is 6.04 Å². The number of thioether (sulfide) groups is 2. The lowest BCUT2D eigenvalue weighted by Crippen LogP contribution is -2.52. The van der Waals surface area contributed by atoms with Crippen molar-refractivity contribution in [2.24, 2.45) is 0 Å². The fraction of sp³-hybridized carbons (Fsp3) is 0.933. The summed E-state index contributed by atoms with van der Waals surface area (Å²) in [5.41, 5.74) is -0.131. The second-order valence-corrected chi connectivity index (χ2v) is 8.77. The van der Waals surface area contributed by atoms with Gasteiger partial charge in [0.1, 0.15) is 0 Å². The first-order valence-electron chi connectivity index (χ1n) is 7.68. The lowest BCUT2D eigenvalue weighted by molar-refractivity contribution is -0.126. The fourth-order valence-corrected chi connectivity index (χ4v) is 4.66. The van der Waals surface area contributed by atoms with Gasteiger partial charge >= 0.3 is 0 Å². The molecule has 1 unspecified atom stereocenters. The van der Waals surface area contributed by atoms with Gasteiger partial charge in [-0.2, -0.15) is 0 Å². The van der Waals surface area contributed by atoms with Gasteiger partial charge in [-0.1, -0.05) is 0 Å². The predicted molar refractivity (Wildman–Crippen MR) is 96.0 cm³/mol. The van der Waals surface area contributed by atoms with Crippen molar-refractivity contribution in [3.05, 3.63) is 0 Å². The maximum absolute atomic E-state index is 12.5. The Hall–Kier alpha value is 0.0900. The highest BCUT2D eigenvalue weighted by Crippen LogP contribution is 2.20. The van der Waals surface area contributed by atoms with Gasteiger partial charge in [-0.3, -0.25) is 9.69 Å². The van der Waals surface area contributed by atoms with E-state index in [4.69, 9.17) is 0 Å². The van der Waals surface area contributed by atoms with Gasteiger partial charge in [0.2, 0.25) is 5.91 Å². The van der Waals surface area contributed by atoms with Crippen molar-refractivity contribution < 1.29 is 4.79 Å². The van der Waals surface area contributed by atoms with Crippen LogP contribution in [-0.2, 0) is 4.79 Å². The standard InChI is InChI=1S/C15H31N3OS2/c1-13(18-11-20-9-10-21-12-18)14(19)16-15(2,3)7-6-8-17(4)5/h13H,6-12H2,1-5H3,(H,16,19). The van der Waals surface area contributed by atoms with Crippen LogP contribution in [0.2, 0.25) is 0 Å². The van der Waals surface area contributed by atoms with Crippen LogP contribution < -0.4 is 5.32 Å². The van der Waals surface area contributed by atoms with Crippen LogP contribution in [0.5, 0.6) is 0 Å².